The fourth-order valence-corrected chi connectivity index (χ4v) is 2.46. The molecule has 2 saturated heterocycles. The Hall–Kier alpha value is -0.0800. The number of hydrogen-bond acceptors (Lipinski definition) is 2. The molecule has 0 radical (unpaired) electrons. The minimum absolute atomic E-state index is 1.32. The van der Waals surface area contributed by atoms with Gasteiger partial charge >= 0.3 is 0 Å². The molecule has 19 heavy (non-hydrogen) atoms. The van der Waals surface area contributed by atoms with Crippen LogP contribution in [0.2, 0.25) is 0 Å². The van der Waals surface area contributed by atoms with E-state index in [1.807, 2.05) is 0 Å². The number of rotatable bonds is 2. The van der Waals surface area contributed by atoms with E-state index in [1.165, 1.54) is 84.0 Å². The van der Waals surface area contributed by atoms with Gasteiger partial charge in [-0.25, -0.2) is 0 Å². The van der Waals surface area contributed by atoms with Crippen molar-refractivity contribution in [2.45, 2.75) is 71.6 Å². The minimum Gasteiger partial charge on any atom is -0.306 e. The Kier molecular flexibility index (Phi) is 14.3. The van der Waals surface area contributed by atoms with Crippen LogP contribution in [0.4, 0.5) is 0 Å². The van der Waals surface area contributed by atoms with Gasteiger partial charge in [-0.3, -0.25) is 0 Å². The van der Waals surface area contributed by atoms with E-state index in [0.29, 0.717) is 0 Å². The first-order valence-electron chi connectivity index (χ1n) is 8.57. The van der Waals surface area contributed by atoms with Gasteiger partial charge in [-0.15, -0.1) is 0 Å². The van der Waals surface area contributed by atoms with Crippen LogP contribution in [0, 0.1) is 0 Å². The van der Waals surface area contributed by atoms with Gasteiger partial charge in [0, 0.05) is 0 Å². The van der Waals surface area contributed by atoms with Crippen LogP contribution in [0.3, 0.4) is 0 Å². The molecule has 0 N–H and O–H groups in total. The number of hydrogen-bond donors (Lipinski definition) is 0. The van der Waals surface area contributed by atoms with E-state index < -0.39 is 0 Å². The predicted octanol–water partition coefficient (Wildman–Crippen LogP) is 4.40. The average Bonchev–Trinajstić information content (AvgIpc) is 2.43. The molecular formula is C17H38N2. The van der Waals surface area contributed by atoms with Crippen LogP contribution < -0.4 is 0 Å². The largest absolute Gasteiger partial charge is 0.306 e. The smallest absolute Gasteiger partial charge is 0.00218 e. The second kappa shape index (κ2) is 14.3. The third-order valence-electron chi connectivity index (χ3n) is 3.87. The van der Waals surface area contributed by atoms with Gasteiger partial charge in [0.25, 0.3) is 0 Å². The van der Waals surface area contributed by atoms with E-state index in [4.69, 9.17) is 0 Å². The van der Waals surface area contributed by atoms with Gasteiger partial charge in [-0.1, -0.05) is 46.0 Å². The van der Waals surface area contributed by atoms with Crippen molar-refractivity contribution in [1.82, 2.24) is 9.80 Å². The molecule has 0 aromatic heterocycles. The molecule has 2 nitrogen and oxygen atoms in total. The summed E-state index contributed by atoms with van der Waals surface area (Å²) >= 11 is 0. The molecule has 0 aromatic carbocycles. The minimum atomic E-state index is 1.32. The lowest BCUT2D eigenvalue weighted by Crippen LogP contribution is -2.24. The summed E-state index contributed by atoms with van der Waals surface area (Å²) in [6, 6.07) is 0. The summed E-state index contributed by atoms with van der Waals surface area (Å²) in [4.78, 5) is 4.78. The molecule has 2 aliphatic rings. The van der Waals surface area contributed by atoms with Crippen LogP contribution in [0.1, 0.15) is 71.6 Å². The summed E-state index contributed by atoms with van der Waals surface area (Å²) in [5.41, 5.74) is 0. The van der Waals surface area contributed by atoms with Gasteiger partial charge in [0.2, 0.25) is 0 Å². The molecule has 0 amide bonds. The quantitative estimate of drug-likeness (QED) is 0.734. The van der Waals surface area contributed by atoms with Crippen LogP contribution in [0.5, 0.6) is 0 Å². The van der Waals surface area contributed by atoms with Crippen LogP contribution in [0.25, 0.3) is 0 Å². The summed E-state index contributed by atoms with van der Waals surface area (Å²) in [7, 11) is 4.39. The highest BCUT2D eigenvalue weighted by molar-refractivity contribution is 4.58. The van der Waals surface area contributed by atoms with Crippen molar-refractivity contribution in [2.24, 2.45) is 0 Å². The zero-order chi connectivity index (χ0) is 14.3. The van der Waals surface area contributed by atoms with Gasteiger partial charge < -0.3 is 9.80 Å². The first-order valence-corrected chi connectivity index (χ1v) is 8.57. The Morgan fingerprint density at radius 2 is 0.895 bits per heavy atom. The molecule has 0 spiro atoms. The second-order valence-corrected chi connectivity index (χ2v) is 6.08. The van der Waals surface area contributed by atoms with Crippen molar-refractivity contribution in [3.05, 3.63) is 0 Å². The van der Waals surface area contributed by atoms with Crippen molar-refractivity contribution < 1.29 is 0 Å². The summed E-state index contributed by atoms with van der Waals surface area (Å²) < 4.78 is 0. The van der Waals surface area contributed by atoms with E-state index >= 15 is 0 Å². The Bertz CT molecular complexity index is 141. The topological polar surface area (TPSA) is 6.48 Å². The lowest BCUT2D eigenvalue weighted by molar-refractivity contribution is 0.277. The molecule has 2 heteroatoms. The highest BCUT2D eigenvalue weighted by Crippen LogP contribution is 2.05. The lowest BCUT2D eigenvalue weighted by atomic mass is 10.1. The van der Waals surface area contributed by atoms with Crippen molar-refractivity contribution >= 4 is 0 Å². The second-order valence-electron chi connectivity index (χ2n) is 6.08. The third-order valence-corrected chi connectivity index (χ3v) is 3.87. The highest BCUT2D eigenvalue weighted by atomic mass is 15.1. The normalized spacial score (nSPS) is 20.8. The first kappa shape index (κ1) is 18.9. The lowest BCUT2D eigenvalue weighted by Gasteiger charge is -2.20. The van der Waals surface area contributed by atoms with Crippen molar-refractivity contribution in [1.29, 1.82) is 0 Å². The molecule has 2 aliphatic heterocycles. The van der Waals surface area contributed by atoms with Crippen LogP contribution in [-0.4, -0.2) is 50.1 Å². The molecule has 2 rings (SSSR count). The van der Waals surface area contributed by atoms with E-state index in [0.717, 1.165) is 0 Å². The van der Waals surface area contributed by atoms with E-state index in [2.05, 4.69) is 37.7 Å². The molecule has 0 bridgehead atoms. The Balaban J connectivity index is 0.000000261. The summed E-state index contributed by atoms with van der Waals surface area (Å²) in [6.45, 7) is 9.70. The monoisotopic (exact) mass is 270 g/mol. The third kappa shape index (κ3) is 14.1. The van der Waals surface area contributed by atoms with Gasteiger partial charge in [0.05, 0.1) is 0 Å². The van der Waals surface area contributed by atoms with Gasteiger partial charge in [0.1, 0.15) is 0 Å². The highest BCUT2D eigenvalue weighted by Gasteiger charge is 2.02. The Labute approximate surface area is 122 Å². The SMILES string of the molecule is CCCCC.CN1CCCCC1.CN1CCCCC1. The number of piperidine rings is 2. The molecule has 2 fully saturated rings. The Morgan fingerprint density at radius 3 is 1.00 bits per heavy atom. The standard InChI is InChI=1S/2C6H13N.C5H12/c2*1-7-5-3-2-4-6-7;1-3-5-4-2/h2*2-6H2,1H3;3-5H2,1-2H3. The van der Waals surface area contributed by atoms with E-state index in [-0.39, 0.29) is 0 Å². The maximum Gasteiger partial charge on any atom is -0.00218 e. The van der Waals surface area contributed by atoms with Crippen molar-refractivity contribution in [3.63, 3.8) is 0 Å². The van der Waals surface area contributed by atoms with Crippen molar-refractivity contribution in [3.8, 4) is 0 Å². The van der Waals surface area contributed by atoms with Gasteiger partial charge in [-0.05, 0) is 66.0 Å². The van der Waals surface area contributed by atoms with Crippen LogP contribution in [0.15, 0.2) is 0 Å². The number of unbranched alkanes of at least 4 members (excludes halogenated alkanes) is 2. The molecule has 0 aromatic rings. The van der Waals surface area contributed by atoms with Gasteiger partial charge in [-0.2, -0.15) is 0 Å². The maximum atomic E-state index is 2.39. The zero-order valence-electron chi connectivity index (χ0n) is 14.1. The van der Waals surface area contributed by atoms with E-state index in [9.17, 15) is 0 Å². The molecule has 0 atom stereocenters. The maximum absolute atomic E-state index is 2.39. The molecule has 116 valence electrons. The van der Waals surface area contributed by atoms with E-state index in [1.54, 1.807) is 0 Å². The fourth-order valence-electron chi connectivity index (χ4n) is 2.46. The molecule has 2 heterocycles. The van der Waals surface area contributed by atoms with Crippen LogP contribution >= 0.6 is 0 Å². The summed E-state index contributed by atoms with van der Waals surface area (Å²) in [6.07, 6.45) is 12.6. The average molecular weight is 271 g/mol. The molecule has 0 saturated carbocycles. The van der Waals surface area contributed by atoms with Crippen molar-refractivity contribution in [2.75, 3.05) is 40.3 Å². The fraction of sp³-hybridized carbons (Fsp3) is 1.00. The number of nitrogens with zero attached hydrogens (tertiary/aromatic N) is 2. The van der Waals surface area contributed by atoms with Gasteiger partial charge in [0.15, 0.2) is 0 Å². The summed E-state index contributed by atoms with van der Waals surface area (Å²) in [5.74, 6) is 0. The molecule has 0 aliphatic carbocycles. The molecular weight excluding hydrogens is 232 g/mol. The molecule has 0 unspecified atom stereocenters. The van der Waals surface area contributed by atoms with Crippen LogP contribution in [-0.2, 0) is 0 Å². The first-order chi connectivity index (χ1) is 9.20. The Morgan fingerprint density at radius 1 is 0.579 bits per heavy atom. The summed E-state index contributed by atoms with van der Waals surface area (Å²) in [5, 5.41) is 0. The zero-order valence-corrected chi connectivity index (χ0v) is 14.1. The number of likely N-dealkylation sites (tertiary alicyclic amines) is 2. The predicted molar refractivity (Wildman–Crippen MR) is 87.9 cm³/mol.